The molecule has 1 amide bonds. The van der Waals surface area contributed by atoms with Gasteiger partial charge < -0.3 is 19.4 Å². The number of nitrogens with zero attached hydrogens (tertiary/aromatic N) is 4. The molecule has 0 aliphatic carbocycles. The minimum Gasteiger partial charge on any atom is -0.448 e. The Morgan fingerprint density at radius 1 is 0.919 bits per heavy atom. The fraction of sp³-hybridized carbons (Fsp3) is 0.480. The van der Waals surface area contributed by atoms with Gasteiger partial charge in [-0.05, 0) is 43.3 Å². The van der Waals surface area contributed by atoms with Crippen LogP contribution in [0.4, 0.5) is 29.3 Å². The van der Waals surface area contributed by atoms with Crippen molar-refractivity contribution in [3.63, 3.8) is 0 Å². The smallest absolute Gasteiger partial charge is 0.416 e. The number of ether oxygens (including phenoxy) is 1. The Morgan fingerprint density at radius 3 is 2.19 bits per heavy atom. The zero-order chi connectivity index (χ0) is 25.0. The van der Waals surface area contributed by atoms with Crippen molar-refractivity contribution in [2.45, 2.75) is 22.4 Å². The van der Waals surface area contributed by atoms with E-state index in [1.165, 1.54) is 28.8 Å². The van der Waals surface area contributed by atoms with Crippen molar-refractivity contribution in [2.24, 2.45) is 0 Å². The highest BCUT2D eigenvalue weighted by Crippen LogP contribution is 2.49. The van der Waals surface area contributed by atoms with E-state index in [1.54, 1.807) is 20.2 Å². The lowest BCUT2D eigenvalue weighted by Crippen LogP contribution is -2.48. The number of fused-ring (bicyclic) bond motifs is 2. The number of halogens is 5. The lowest BCUT2D eigenvalue weighted by molar-refractivity contribution is -0.137. The summed E-state index contributed by atoms with van der Waals surface area (Å²) in [6, 6.07) is 11.9. The number of amides is 1. The first-order valence-electron chi connectivity index (χ1n) is 11.8. The monoisotopic (exact) mass is 580 g/mol. The van der Waals surface area contributed by atoms with E-state index in [0.717, 1.165) is 54.6 Å². The maximum atomic E-state index is 13.4. The van der Waals surface area contributed by atoms with Crippen molar-refractivity contribution in [1.82, 2.24) is 14.7 Å². The van der Waals surface area contributed by atoms with Crippen LogP contribution in [0.1, 0.15) is 12.0 Å². The van der Waals surface area contributed by atoms with Crippen LogP contribution in [0.25, 0.3) is 0 Å². The Labute approximate surface area is 232 Å². The summed E-state index contributed by atoms with van der Waals surface area (Å²) in [5.74, 6) is 0. The predicted molar refractivity (Wildman–Crippen MR) is 146 cm³/mol. The third-order valence-electron chi connectivity index (χ3n) is 6.27. The summed E-state index contributed by atoms with van der Waals surface area (Å²) in [6.45, 7) is 6.26. The molecule has 0 radical (unpaired) electrons. The molecule has 2 aliphatic heterocycles. The van der Waals surface area contributed by atoms with Gasteiger partial charge in [-0.2, -0.15) is 13.2 Å². The first-order valence-corrected chi connectivity index (χ1v) is 12.6. The maximum absolute atomic E-state index is 13.4. The number of hydrogen-bond acceptors (Lipinski definition) is 6. The van der Waals surface area contributed by atoms with Gasteiger partial charge in [0.15, 0.2) is 0 Å². The molecule has 0 aromatic heterocycles. The summed E-state index contributed by atoms with van der Waals surface area (Å²) in [5, 5.41) is 0. The molecule has 2 aromatic rings. The standard InChI is InChI=1S/C25H31F3N4O2S.2ClH/c1-29(2)24(33)34-17-16-31-14-12-30(13-15-31)10-5-11-32-20-6-3-4-7-22(20)35-23-9-8-19(18-21(23)32)25(26,27)28;;/h3-4,6-9,18H,5,10-17H2,1-2H3;2*1H. The van der Waals surface area contributed by atoms with E-state index in [9.17, 15) is 18.0 Å². The van der Waals surface area contributed by atoms with Crippen LogP contribution in [0.15, 0.2) is 52.3 Å². The van der Waals surface area contributed by atoms with Crippen molar-refractivity contribution < 1.29 is 22.7 Å². The highest BCUT2D eigenvalue weighted by Gasteiger charge is 2.33. The molecule has 6 nitrogen and oxygen atoms in total. The second-order valence-corrected chi connectivity index (χ2v) is 10.0. The Morgan fingerprint density at radius 2 is 1.54 bits per heavy atom. The molecule has 1 fully saturated rings. The summed E-state index contributed by atoms with van der Waals surface area (Å²) >= 11 is 1.52. The Kier molecular flexibility index (Phi) is 11.7. The number of carbonyl (C=O) groups excluding carboxylic acids is 1. The van der Waals surface area contributed by atoms with Crippen LogP contribution < -0.4 is 4.90 Å². The Balaban J connectivity index is 0.00000241. The summed E-state index contributed by atoms with van der Waals surface area (Å²) in [4.78, 5) is 21.6. The second-order valence-electron chi connectivity index (χ2n) is 8.95. The lowest BCUT2D eigenvalue weighted by atomic mass is 10.1. The van der Waals surface area contributed by atoms with Crippen LogP contribution in [0.5, 0.6) is 0 Å². The van der Waals surface area contributed by atoms with E-state index in [4.69, 9.17) is 4.74 Å². The third-order valence-corrected chi connectivity index (χ3v) is 7.40. The molecular formula is C25H33Cl2F3N4O2S. The van der Waals surface area contributed by atoms with E-state index in [1.807, 2.05) is 29.2 Å². The number of para-hydroxylation sites is 1. The first-order chi connectivity index (χ1) is 16.7. The molecular weight excluding hydrogens is 548 g/mol. The highest BCUT2D eigenvalue weighted by atomic mass is 35.5. The fourth-order valence-corrected chi connectivity index (χ4v) is 5.40. The molecule has 206 valence electrons. The van der Waals surface area contributed by atoms with E-state index in [2.05, 4.69) is 9.80 Å². The zero-order valence-corrected chi connectivity index (χ0v) is 23.3. The third kappa shape index (κ3) is 8.07. The van der Waals surface area contributed by atoms with Crippen LogP contribution in [0.3, 0.4) is 0 Å². The van der Waals surface area contributed by atoms with Gasteiger partial charge in [-0.25, -0.2) is 4.79 Å². The van der Waals surface area contributed by atoms with E-state index in [0.29, 0.717) is 25.4 Å². The zero-order valence-electron chi connectivity index (χ0n) is 20.9. The van der Waals surface area contributed by atoms with Crippen LogP contribution in [0.2, 0.25) is 0 Å². The summed E-state index contributed by atoms with van der Waals surface area (Å²) in [6.07, 6.45) is -3.85. The van der Waals surface area contributed by atoms with Crippen molar-refractivity contribution in [1.29, 1.82) is 0 Å². The molecule has 0 bridgehead atoms. The summed E-state index contributed by atoms with van der Waals surface area (Å²) < 4.78 is 45.4. The van der Waals surface area contributed by atoms with Gasteiger partial charge in [0.2, 0.25) is 0 Å². The summed E-state index contributed by atoms with van der Waals surface area (Å²) in [7, 11) is 3.33. The number of alkyl halides is 3. The number of rotatable bonds is 7. The topological polar surface area (TPSA) is 39.3 Å². The first kappa shape index (κ1) is 31.4. The molecule has 0 atom stereocenters. The molecule has 2 aliphatic rings. The molecule has 12 heteroatoms. The Hall–Kier alpha value is -1.85. The molecule has 0 spiro atoms. The van der Waals surface area contributed by atoms with Crippen molar-refractivity contribution in [3.05, 3.63) is 48.0 Å². The van der Waals surface area contributed by atoms with Crippen LogP contribution >= 0.6 is 36.6 Å². The quantitative estimate of drug-likeness (QED) is 0.408. The van der Waals surface area contributed by atoms with Gasteiger partial charge in [-0.3, -0.25) is 4.90 Å². The fourth-order valence-electron chi connectivity index (χ4n) is 4.33. The second kappa shape index (κ2) is 13.8. The number of piperazine rings is 1. The number of carbonyl (C=O) groups is 1. The van der Waals surface area contributed by atoms with Crippen molar-refractivity contribution in [3.8, 4) is 0 Å². The SMILES string of the molecule is CN(C)C(=O)OCCN1CCN(CCCN2c3ccccc3Sc3ccc(C(F)(F)F)cc32)CC1.Cl.Cl. The molecule has 2 heterocycles. The maximum Gasteiger partial charge on any atom is 0.416 e. The van der Waals surface area contributed by atoms with E-state index >= 15 is 0 Å². The molecule has 0 N–H and O–H groups in total. The van der Waals surface area contributed by atoms with Crippen molar-refractivity contribution >= 4 is 54.0 Å². The molecule has 2 aromatic carbocycles. The van der Waals surface area contributed by atoms with Crippen LogP contribution in [0, 0.1) is 0 Å². The van der Waals surface area contributed by atoms with Crippen LogP contribution in [-0.4, -0.2) is 87.3 Å². The van der Waals surface area contributed by atoms with Gasteiger partial charge in [-0.15, -0.1) is 24.8 Å². The average molecular weight is 582 g/mol. The van der Waals surface area contributed by atoms with Gasteiger partial charge in [0.05, 0.1) is 16.9 Å². The average Bonchev–Trinajstić information content (AvgIpc) is 2.83. The largest absolute Gasteiger partial charge is 0.448 e. The van der Waals surface area contributed by atoms with E-state index in [-0.39, 0.29) is 30.9 Å². The minimum absolute atomic E-state index is 0. The Bertz CT molecular complexity index is 1040. The number of hydrogen-bond donors (Lipinski definition) is 0. The van der Waals surface area contributed by atoms with Gasteiger partial charge in [0, 0.05) is 63.2 Å². The molecule has 1 saturated heterocycles. The predicted octanol–water partition coefficient (Wildman–Crippen LogP) is 5.86. The highest BCUT2D eigenvalue weighted by molar-refractivity contribution is 7.99. The van der Waals surface area contributed by atoms with Gasteiger partial charge in [0.25, 0.3) is 0 Å². The molecule has 4 rings (SSSR count). The van der Waals surface area contributed by atoms with Crippen LogP contribution in [-0.2, 0) is 10.9 Å². The molecule has 0 saturated carbocycles. The van der Waals surface area contributed by atoms with Crippen molar-refractivity contribution in [2.75, 3.05) is 71.4 Å². The van der Waals surface area contributed by atoms with Gasteiger partial charge in [-0.1, -0.05) is 23.9 Å². The molecule has 0 unspecified atom stereocenters. The lowest BCUT2D eigenvalue weighted by Gasteiger charge is -2.36. The van der Waals surface area contributed by atoms with E-state index < -0.39 is 11.7 Å². The molecule has 37 heavy (non-hydrogen) atoms. The minimum atomic E-state index is -4.37. The summed E-state index contributed by atoms with van der Waals surface area (Å²) in [5.41, 5.74) is 0.968. The number of benzene rings is 2. The normalized spacial score (nSPS) is 15.6. The number of anilines is 2. The van der Waals surface area contributed by atoms with Gasteiger partial charge >= 0.3 is 12.3 Å². The van der Waals surface area contributed by atoms with Gasteiger partial charge in [0.1, 0.15) is 6.61 Å².